The third-order valence-corrected chi connectivity index (χ3v) is 2.11. The van der Waals surface area contributed by atoms with Crippen LogP contribution in [0.3, 0.4) is 0 Å². The van der Waals surface area contributed by atoms with Crippen LogP contribution in [0.25, 0.3) is 0 Å². The summed E-state index contributed by atoms with van der Waals surface area (Å²) in [6, 6.07) is 5.38. The summed E-state index contributed by atoms with van der Waals surface area (Å²) in [5, 5.41) is 10.00. The molecule has 0 radical (unpaired) electrons. The van der Waals surface area contributed by atoms with Gasteiger partial charge < -0.3 is 15.6 Å². The van der Waals surface area contributed by atoms with E-state index >= 15 is 0 Å². The van der Waals surface area contributed by atoms with Crippen LogP contribution < -0.4 is 10.5 Å². The summed E-state index contributed by atoms with van der Waals surface area (Å²) in [6.07, 6.45) is 0. The minimum absolute atomic E-state index is 0.203. The first-order valence-corrected chi connectivity index (χ1v) is 5.14. The van der Waals surface area contributed by atoms with Gasteiger partial charge in [0.15, 0.2) is 0 Å². The van der Waals surface area contributed by atoms with Gasteiger partial charge in [-0.3, -0.25) is 0 Å². The van der Waals surface area contributed by atoms with E-state index in [4.69, 9.17) is 22.1 Å². The first-order valence-electron chi connectivity index (χ1n) is 4.76. The molecule has 0 aliphatic carbocycles. The van der Waals surface area contributed by atoms with Gasteiger partial charge in [-0.05, 0) is 31.5 Å². The van der Waals surface area contributed by atoms with Gasteiger partial charge in [0.25, 0.3) is 0 Å². The molecule has 0 amide bonds. The summed E-state index contributed by atoms with van der Waals surface area (Å²) in [7, 11) is 0. The van der Waals surface area contributed by atoms with Gasteiger partial charge in [-0.1, -0.05) is 17.7 Å². The molecule has 0 bridgehead atoms. The van der Waals surface area contributed by atoms with E-state index in [1.54, 1.807) is 26.0 Å². The van der Waals surface area contributed by atoms with E-state index in [-0.39, 0.29) is 6.61 Å². The maximum Gasteiger partial charge on any atom is 0.138 e. The van der Waals surface area contributed by atoms with E-state index in [0.29, 0.717) is 17.3 Å². The zero-order chi connectivity index (χ0) is 11.5. The minimum atomic E-state index is -0.865. The van der Waals surface area contributed by atoms with Crippen LogP contribution in [0.2, 0.25) is 5.02 Å². The molecule has 0 saturated heterocycles. The molecule has 4 heteroatoms. The molecule has 0 saturated carbocycles. The third kappa shape index (κ3) is 4.08. The fourth-order valence-corrected chi connectivity index (χ4v) is 1.30. The van der Waals surface area contributed by atoms with Crippen molar-refractivity contribution in [1.82, 2.24) is 0 Å². The average Bonchev–Trinajstić information content (AvgIpc) is 2.14. The smallest absolute Gasteiger partial charge is 0.138 e. The van der Waals surface area contributed by atoms with Crippen molar-refractivity contribution in [3.8, 4) is 5.75 Å². The molecule has 3 N–H and O–H groups in total. The minimum Gasteiger partial charge on any atom is -0.489 e. The Morgan fingerprint density at radius 1 is 1.47 bits per heavy atom. The highest BCUT2D eigenvalue weighted by molar-refractivity contribution is 6.32. The fourth-order valence-electron chi connectivity index (χ4n) is 1.04. The van der Waals surface area contributed by atoms with Crippen LogP contribution in [0.4, 0.5) is 0 Å². The molecular formula is C11H16ClNO2. The number of halogens is 1. The summed E-state index contributed by atoms with van der Waals surface area (Å²) in [5.74, 6) is 0.566. The Bertz CT molecular complexity index is 334. The predicted octanol–water partition coefficient (Wildman–Crippen LogP) is 1.95. The zero-order valence-corrected chi connectivity index (χ0v) is 9.71. The molecule has 0 aliphatic rings. The van der Waals surface area contributed by atoms with Crippen molar-refractivity contribution >= 4 is 11.6 Å². The Kier molecular flexibility index (Phi) is 3.97. The highest BCUT2D eigenvalue weighted by Gasteiger charge is 2.14. The van der Waals surface area contributed by atoms with Crippen molar-refractivity contribution in [2.24, 2.45) is 5.73 Å². The first kappa shape index (κ1) is 12.3. The summed E-state index contributed by atoms with van der Waals surface area (Å²) in [6.45, 7) is 4.00. The molecule has 0 heterocycles. The number of aliphatic hydroxyl groups is 1. The van der Waals surface area contributed by atoms with Crippen LogP contribution in [0, 0.1) is 0 Å². The molecule has 0 fully saturated rings. The van der Waals surface area contributed by atoms with E-state index in [2.05, 4.69) is 0 Å². The number of hydrogen-bond acceptors (Lipinski definition) is 3. The quantitative estimate of drug-likeness (QED) is 0.830. The zero-order valence-electron chi connectivity index (χ0n) is 8.96. The molecule has 1 aromatic rings. The lowest BCUT2D eigenvalue weighted by Gasteiger charge is -2.18. The van der Waals surface area contributed by atoms with Crippen LogP contribution in [-0.4, -0.2) is 17.3 Å². The van der Waals surface area contributed by atoms with Gasteiger partial charge in [0.1, 0.15) is 12.4 Å². The highest BCUT2D eigenvalue weighted by atomic mass is 35.5. The van der Waals surface area contributed by atoms with Gasteiger partial charge in [0.2, 0.25) is 0 Å². The number of benzene rings is 1. The Balaban J connectivity index is 2.70. The molecule has 0 aliphatic heterocycles. The molecule has 0 aromatic heterocycles. The summed E-state index contributed by atoms with van der Waals surface area (Å²) in [5.41, 5.74) is 5.56. The Hall–Kier alpha value is -0.770. The van der Waals surface area contributed by atoms with Gasteiger partial charge in [-0.25, -0.2) is 0 Å². The lowest BCUT2D eigenvalue weighted by Crippen LogP contribution is -2.27. The Morgan fingerprint density at radius 3 is 2.60 bits per heavy atom. The SMILES string of the molecule is CC(C)(O)COc1ccc(CN)cc1Cl. The molecule has 0 unspecified atom stereocenters. The maximum atomic E-state index is 9.48. The van der Waals surface area contributed by atoms with E-state index in [1.165, 1.54) is 0 Å². The second-order valence-corrected chi connectivity index (χ2v) is 4.48. The number of rotatable bonds is 4. The van der Waals surface area contributed by atoms with Gasteiger partial charge in [0.05, 0.1) is 10.6 Å². The molecule has 0 spiro atoms. The topological polar surface area (TPSA) is 55.5 Å². The van der Waals surface area contributed by atoms with Crippen molar-refractivity contribution in [1.29, 1.82) is 0 Å². The van der Waals surface area contributed by atoms with Crippen LogP contribution >= 0.6 is 11.6 Å². The lowest BCUT2D eigenvalue weighted by molar-refractivity contribution is 0.0285. The standard InChI is InChI=1S/C11H16ClNO2/c1-11(2,14)7-15-10-4-3-8(6-13)5-9(10)12/h3-5,14H,6-7,13H2,1-2H3. The van der Waals surface area contributed by atoms with Crippen LogP contribution in [-0.2, 0) is 6.54 Å². The molecular weight excluding hydrogens is 214 g/mol. The van der Waals surface area contributed by atoms with Gasteiger partial charge >= 0.3 is 0 Å². The number of ether oxygens (including phenoxy) is 1. The monoisotopic (exact) mass is 229 g/mol. The first-order chi connectivity index (χ1) is 6.92. The molecule has 15 heavy (non-hydrogen) atoms. The predicted molar refractivity (Wildman–Crippen MR) is 61.1 cm³/mol. The largest absolute Gasteiger partial charge is 0.489 e. The molecule has 3 nitrogen and oxygen atoms in total. The van der Waals surface area contributed by atoms with Crippen molar-refractivity contribution in [2.75, 3.05) is 6.61 Å². The maximum absolute atomic E-state index is 9.48. The van der Waals surface area contributed by atoms with Crippen molar-refractivity contribution in [2.45, 2.75) is 26.0 Å². The van der Waals surface area contributed by atoms with Crippen LogP contribution in [0.5, 0.6) is 5.75 Å². The lowest BCUT2D eigenvalue weighted by atomic mass is 10.1. The van der Waals surface area contributed by atoms with E-state index in [0.717, 1.165) is 5.56 Å². The fraction of sp³-hybridized carbons (Fsp3) is 0.455. The second-order valence-electron chi connectivity index (χ2n) is 4.07. The second kappa shape index (κ2) is 4.84. The van der Waals surface area contributed by atoms with E-state index < -0.39 is 5.60 Å². The number of nitrogens with two attached hydrogens (primary N) is 1. The third-order valence-electron chi connectivity index (χ3n) is 1.81. The van der Waals surface area contributed by atoms with E-state index in [1.807, 2.05) is 6.07 Å². The number of hydrogen-bond donors (Lipinski definition) is 2. The Labute approximate surface area is 94.8 Å². The molecule has 84 valence electrons. The highest BCUT2D eigenvalue weighted by Crippen LogP contribution is 2.26. The molecule has 1 aromatic carbocycles. The van der Waals surface area contributed by atoms with Crippen molar-refractivity contribution < 1.29 is 9.84 Å². The molecule has 1 rings (SSSR count). The summed E-state index contributed by atoms with van der Waals surface area (Å²) >= 11 is 5.97. The Morgan fingerprint density at radius 2 is 2.13 bits per heavy atom. The van der Waals surface area contributed by atoms with Crippen LogP contribution in [0.15, 0.2) is 18.2 Å². The van der Waals surface area contributed by atoms with Crippen molar-refractivity contribution in [3.63, 3.8) is 0 Å². The summed E-state index contributed by atoms with van der Waals surface area (Å²) in [4.78, 5) is 0. The van der Waals surface area contributed by atoms with E-state index in [9.17, 15) is 5.11 Å². The molecule has 0 atom stereocenters. The normalized spacial score (nSPS) is 11.5. The van der Waals surface area contributed by atoms with Gasteiger partial charge in [0, 0.05) is 6.54 Å². The van der Waals surface area contributed by atoms with Gasteiger partial charge in [-0.2, -0.15) is 0 Å². The van der Waals surface area contributed by atoms with Gasteiger partial charge in [-0.15, -0.1) is 0 Å². The van der Waals surface area contributed by atoms with Crippen LogP contribution in [0.1, 0.15) is 19.4 Å². The van der Waals surface area contributed by atoms with Crippen molar-refractivity contribution in [3.05, 3.63) is 28.8 Å². The summed E-state index contributed by atoms with van der Waals surface area (Å²) < 4.78 is 5.38. The average molecular weight is 230 g/mol.